The molecule has 0 aromatic heterocycles. The Morgan fingerprint density at radius 1 is 1.33 bits per heavy atom. The molecule has 0 saturated heterocycles. The van der Waals surface area contributed by atoms with Crippen molar-refractivity contribution >= 4 is 5.69 Å². The summed E-state index contributed by atoms with van der Waals surface area (Å²) in [5.41, 5.74) is 2.31. The van der Waals surface area contributed by atoms with Crippen LogP contribution < -0.4 is 5.32 Å². The van der Waals surface area contributed by atoms with E-state index in [1.54, 1.807) is 6.07 Å². The fourth-order valence-electron chi connectivity index (χ4n) is 3.33. The third kappa shape index (κ3) is 1.24. The molecule has 1 aliphatic heterocycles. The Morgan fingerprint density at radius 3 is 3.07 bits per heavy atom. The van der Waals surface area contributed by atoms with Crippen molar-refractivity contribution in [1.29, 1.82) is 0 Å². The van der Waals surface area contributed by atoms with Crippen molar-refractivity contribution < 1.29 is 5.11 Å². The molecule has 3 atom stereocenters. The number of para-hydroxylation sites is 1. The zero-order valence-corrected chi connectivity index (χ0v) is 9.03. The number of hydrogen-bond acceptors (Lipinski definition) is 2. The molecule has 1 saturated carbocycles. The van der Waals surface area contributed by atoms with Crippen molar-refractivity contribution in [3.63, 3.8) is 0 Å². The van der Waals surface area contributed by atoms with E-state index in [1.807, 2.05) is 6.07 Å². The standard InChI is InChI=1S/C13H17NO/c1-8-9-4-2-5-10(9)11-6-3-7-12(15)13(11)14-8/h3,6-10,14-15H,2,4-5H2,1H3/t8-,9-,10-/m1/s1. The topological polar surface area (TPSA) is 32.3 Å². The molecule has 2 aliphatic rings. The second kappa shape index (κ2) is 3.16. The van der Waals surface area contributed by atoms with Crippen LogP contribution in [0.25, 0.3) is 0 Å². The van der Waals surface area contributed by atoms with Gasteiger partial charge in [0, 0.05) is 6.04 Å². The first-order valence-corrected chi connectivity index (χ1v) is 5.86. The van der Waals surface area contributed by atoms with Gasteiger partial charge in [-0.25, -0.2) is 0 Å². The SMILES string of the molecule is C[C@H]1Nc2c(O)cccc2[C@@H]2CCC[C@H]12. The lowest BCUT2D eigenvalue weighted by Gasteiger charge is -2.35. The van der Waals surface area contributed by atoms with Crippen LogP contribution in [0.15, 0.2) is 18.2 Å². The van der Waals surface area contributed by atoms with Crippen molar-refractivity contribution in [2.75, 3.05) is 5.32 Å². The highest BCUT2D eigenvalue weighted by molar-refractivity contribution is 5.65. The van der Waals surface area contributed by atoms with Crippen LogP contribution in [0, 0.1) is 5.92 Å². The summed E-state index contributed by atoms with van der Waals surface area (Å²) in [7, 11) is 0. The number of fused-ring (bicyclic) bond motifs is 3. The molecule has 2 N–H and O–H groups in total. The number of rotatable bonds is 0. The Labute approximate surface area is 90.3 Å². The molecular formula is C13H17NO. The van der Waals surface area contributed by atoms with Gasteiger partial charge in [-0.1, -0.05) is 18.6 Å². The predicted molar refractivity (Wildman–Crippen MR) is 61.3 cm³/mol. The fraction of sp³-hybridized carbons (Fsp3) is 0.538. The van der Waals surface area contributed by atoms with Gasteiger partial charge in [0.15, 0.2) is 0 Å². The quantitative estimate of drug-likeness (QED) is 0.635. The van der Waals surface area contributed by atoms with Gasteiger partial charge in [0.25, 0.3) is 0 Å². The molecule has 1 heterocycles. The summed E-state index contributed by atoms with van der Waals surface area (Å²) in [4.78, 5) is 0. The lowest BCUT2D eigenvalue weighted by Crippen LogP contribution is -2.32. The highest BCUT2D eigenvalue weighted by Crippen LogP contribution is 2.49. The average Bonchev–Trinajstić information content (AvgIpc) is 2.69. The van der Waals surface area contributed by atoms with E-state index in [0.717, 1.165) is 11.6 Å². The van der Waals surface area contributed by atoms with E-state index in [2.05, 4.69) is 18.3 Å². The van der Waals surface area contributed by atoms with Crippen molar-refractivity contribution in [2.45, 2.75) is 38.1 Å². The highest BCUT2D eigenvalue weighted by Gasteiger charge is 2.38. The third-order valence-corrected chi connectivity index (χ3v) is 4.06. The second-order valence-electron chi connectivity index (χ2n) is 4.88. The van der Waals surface area contributed by atoms with Crippen LogP contribution in [-0.2, 0) is 0 Å². The molecule has 1 aromatic carbocycles. The van der Waals surface area contributed by atoms with E-state index in [-0.39, 0.29) is 0 Å². The molecule has 2 heteroatoms. The van der Waals surface area contributed by atoms with Gasteiger partial charge in [0.05, 0.1) is 5.69 Å². The van der Waals surface area contributed by atoms with Gasteiger partial charge in [-0.2, -0.15) is 0 Å². The Morgan fingerprint density at radius 2 is 2.20 bits per heavy atom. The van der Waals surface area contributed by atoms with Crippen LogP contribution in [0.3, 0.4) is 0 Å². The van der Waals surface area contributed by atoms with Crippen molar-refractivity contribution in [3.05, 3.63) is 23.8 Å². The molecule has 0 spiro atoms. The molecule has 1 aliphatic carbocycles. The maximum absolute atomic E-state index is 9.83. The fourth-order valence-corrected chi connectivity index (χ4v) is 3.33. The Bertz CT molecular complexity index is 388. The molecule has 1 fully saturated rings. The van der Waals surface area contributed by atoms with Crippen LogP contribution in [-0.4, -0.2) is 11.1 Å². The highest BCUT2D eigenvalue weighted by atomic mass is 16.3. The Hall–Kier alpha value is -1.18. The smallest absolute Gasteiger partial charge is 0.138 e. The number of anilines is 1. The molecule has 15 heavy (non-hydrogen) atoms. The summed E-state index contributed by atoms with van der Waals surface area (Å²) in [6, 6.07) is 6.39. The monoisotopic (exact) mass is 203 g/mol. The summed E-state index contributed by atoms with van der Waals surface area (Å²) in [6.07, 6.45) is 3.94. The number of aromatic hydroxyl groups is 1. The van der Waals surface area contributed by atoms with Crippen molar-refractivity contribution in [1.82, 2.24) is 0 Å². The van der Waals surface area contributed by atoms with Crippen molar-refractivity contribution in [3.8, 4) is 5.75 Å². The van der Waals surface area contributed by atoms with E-state index < -0.39 is 0 Å². The minimum Gasteiger partial charge on any atom is -0.506 e. The first-order valence-electron chi connectivity index (χ1n) is 5.86. The summed E-state index contributed by atoms with van der Waals surface area (Å²) in [5.74, 6) is 1.84. The van der Waals surface area contributed by atoms with Gasteiger partial charge in [-0.15, -0.1) is 0 Å². The molecule has 0 amide bonds. The van der Waals surface area contributed by atoms with Gasteiger partial charge in [-0.3, -0.25) is 0 Å². The first kappa shape index (κ1) is 9.08. The maximum atomic E-state index is 9.83. The number of nitrogens with one attached hydrogen (secondary N) is 1. The zero-order valence-electron chi connectivity index (χ0n) is 9.03. The van der Waals surface area contributed by atoms with E-state index >= 15 is 0 Å². The van der Waals surface area contributed by atoms with Crippen LogP contribution in [0.5, 0.6) is 5.75 Å². The van der Waals surface area contributed by atoms with Gasteiger partial charge in [-0.05, 0) is 43.2 Å². The summed E-state index contributed by atoms with van der Waals surface area (Å²) < 4.78 is 0. The lowest BCUT2D eigenvalue weighted by atomic mass is 9.80. The largest absolute Gasteiger partial charge is 0.506 e. The Balaban J connectivity index is 2.11. The van der Waals surface area contributed by atoms with Crippen LogP contribution in [0.2, 0.25) is 0 Å². The van der Waals surface area contributed by atoms with Crippen LogP contribution >= 0.6 is 0 Å². The van der Waals surface area contributed by atoms with Gasteiger partial charge < -0.3 is 10.4 Å². The number of hydrogen-bond donors (Lipinski definition) is 2. The molecule has 0 bridgehead atoms. The van der Waals surface area contributed by atoms with Crippen molar-refractivity contribution in [2.24, 2.45) is 5.92 Å². The van der Waals surface area contributed by atoms with E-state index in [1.165, 1.54) is 24.8 Å². The second-order valence-corrected chi connectivity index (χ2v) is 4.88. The normalized spacial score (nSPS) is 33.0. The first-order chi connectivity index (χ1) is 7.27. The number of phenolic OH excluding ortho intramolecular Hbond substituents is 1. The molecule has 3 rings (SSSR count). The third-order valence-electron chi connectivity index (χ3n) is 4.06. The zero-order chi connectivity index (χ0) is 10.4. The van der Waals surface area contributed by atoms with Gasteiger partial charge >= 0.3 is 0 Å². The summed E-state index contributed by atoms with van der Waals surface area (Å²) in [6.45, 7) is 2.23. The minimum absolute atomic E-state index is 0.407. The number of benzene rings is 1. The molecule has 2 nitrogen and oxygen atoms in total. The Kier molecular flexibility index (Phi) is 1.91. The molecule has 0 unspecified atom stereocenters. The molecular weight excluding hydrogens is 186 g/mol. The van der Waals surface area contributed by atoms with Gasteiger partial charge in [0.2, 0.25) is 0 Å². The van der Waals surface area contributed by atoms with Crippen LogP contribution in [0.1, 0.15) is 37.7 Å². The number of phenols is 1. The molecule has 0 radical (unpaired) electrons. The average molecular weight is 203 g/mol. The van der Waals surface area contributed by atoms with E-state index in [0.29, 0.717) is 17.7 Å². The lowest BCUT2D eigenvalue weighted by molar-refractivity contribution is 0.408. The van der Waals surface area contributed by atoms with Crippen LogP contribution in [0.4, 0.5) is 5.69 Å². The maximum Gasteiger partial charge on any atom is 0.138 e. The summed E-state index contributed by atoms with van der Waals surface area (Å²) in [5, 5.41) is 13.3. The predicted octanol–water partition coefficient (Wildman–Crippen LogP) is 3.09. The molecule has 1 aromatic rings. The van der Waals surface area contributed by atoms with Gasteiger partial charge in [0.1, 0.15) is 5.75 Å². The van der Waals surface area contributed by atoms with E-state index in [9.17, 15) is 5.11 Å². The summed E-state index contributed by atoms with van der Waals surface area (Å²) >= 11 is 0. The minimum atomic E-state index is 0.407. The molecule has 80 valence electrons. The van der Waals surface area contributed by atoms with E-state index in [4.69, 9.17) is 0 Å².